The molecule has 2 aliphatic rings. The molecule has 0 amide bonds. The van der Waals surface area contributed by atoms with Crippen LogP contribution in [0, 0.1) is 0 Å². The summed E-state index contributed by atoms with van der Waals surface area (Å²) in [5.74, 6) is 1.80. The molecule has 0 radical (unpaired) electrons. The summed E-state index contributed by atoms with van der Waals surface area (Å²) in [6.45, 7) is 1.74. The predicted octanol–water partition coefficient (Wildman–Crippen LogP) is 2.31. The van der Waals surface area contributed by atoms with Crippen LogP contribution in [0.15, 0.2) is 41.3 Å². The second-order valence-electron chi connectivity index (χ2n) is 6.51. The molecule has 27 heavy (non-hydrogen) atoms. The molecule has 1 fully saturated rings. The Labute approximate surface area is 158 Å². The SMILES string of the molecule is COc1ccc(OC)c(S(=O)(=O)Oc2ccc3c(c2)OC2CNCCC32)c1. The van der Waals surface area contributed by atoms with Crippen molar-refractivity contribution in [1.82, 2.24) is 5.32 Å². The molecule has 0 bridgehead atoms. The maximum Gasteiger partial charge on any atom is 0.343 e. The van der Waals surface area contributed by atoms with Crippen LogP contribution in [0.2, 0.25) is 0 Å². The van der Waals surface area contributed by atoms with Crippen LogP contribution < -0.4 is 23.7 Å². The molecule has 2 heterocycles. The second-order valence-corrected chi connectivity index (χ2v) is 8.02. The fourth-order valence-electron chi connectivity index (χ4n) is 3.60. The van der Waals surface area contributed by atoms with Gasteiger partial charge < -0.3 is 23.7 Å². The van der Waals surface area contributed by atoms with Gasteiger partial charge in [-0.05, 0) is 31.2 Å². The summed E-state index contributed by atoms with van der Waals surface area (Å²) < 4.78 is 47.2. The monoisotopic (exact) mass is 391 g/mol. The van der Waals surface area contributed by atoms with Crippen molar-refractivity contribution in [2.75, 3.05) is 27.3 Å². The normalized spacial score (nSPS) is 21.0. The highest BCUT2D eigenvalue weighted by atomic mass is 32.2. The highest BCUT2D eigenvalue weighted by Gasteiger charge is 2.36. The molecule has 0 spiro atoms. The molecule has 144 valence electrons. The highest BCUT2D eigenvalue weighted by molar-refractivity contribution is 7.87. The van der Waals surface area contributed by atoms with Crippen LogP contribution in [0.5, 0.6) is 23.0 Å². The molecule has 0 aromatic heterocycles. The van der Waals surface area contributed by atoms with Crippen molar-refractivity contribution in [3.63, 3.8) is 0 Å². The van der Waals surface area contributed by atoms with Crippen molar-refractivity contribution in [3.8, 4) is 23.0 Å². The van der Waals surface area contributed by atoms with E-state index in [1.807, 2.05) is 6.07 Å². The zero-order valence-corrected chi connectivity index (χ0v) is 15.9. The Morgan fingerprint density at radius 1 is 1.07 bits per heavy atom. The van der Waals surface area contributed by atoms with Gasteiger partial charge >= 0.3 is 10.1 Å². The largest absolute Gasteiger partial charge is 0.497 e. The van der Waals surface area contributed by atoms with Gasteiger partial charge in [0.2, 0.25) is 0 Å². The Balaban J connectivity index is 1.63. The summed E-state index contributed by atoms with van der Waals surface area (Å²) in [4.78, 5) is -0.0939. The number of ether oxygens (including phenoxy) is 3. The maximum absolute atomic E-state index is 12.8. The van der Waals surface area contributed by atoms with Gasteiger partial charge in [-0.25, -0.2) is 0 Å². The molecule has 2 aliphatic heterocycles. The Morgan fingerprint density at radius 3 is 2.67 bits per heavy atom. The van der Waals surface area contributed by atoms with Crippen LogP contribution in [0.1, 0.15) is 17.9 Å². The highest BCUT2D eigenvalue weighted by Crippen LogP contribution is 2.43. The molecule has 0 aliphatic carbocycles. The van der Waals surface area contributed by atoms with E-state index in [0.717, 1.165) is 25.1 Å². The lowest BCUT2D eigenvalue weighted by atomic mass is 9.90. The number of piperidine rings is 1. The molecule has 7 nitrogen and oxygen atoms in total. The third kappa shape index (κ3) is 3.30. The number of nitrogens with one attached hydrogen (secondary N) is 1. The topological polar surface area (TPSA) is 83.1 Å². The Bertz CT molecular complexity index is 959. The summed E-state index contributed by atoms with van der Waals surface area (Å²) >= 11 is 0. The van der Waals surface area contributed by atoms with Crippen molar-refractivity contribution in [3.05, 3.63) is 42.0 Å². The maximum atomic E-state index is 12.8. The summed E-state index contributed by atoms with van der Waals surface area (Å²) in [5.41, 5.74) is 1.10. The zero-order valence-electron chi connectivity index (χ0n) is 15.1. The Hall–Kier alpha value is -2.45. The molecule has 2 atom stereocenters. The fraction of sp³-hybridized carbons (Fsp3) is 0.368. The van der Waals surface area contributed by atoms with E-state index in [4.69, 9.17) is 18.4 Å². The van der Waals surface area contributed by atoms with Gasteiger partial charge in [-0.15, -0.1) is 0 Å². The Kier molecular flexibility index (Phi) is 4.61. The summed E-state index contributed by atoms with van der Waals surface area (Å²) in [7, 11) is -1.24. The van der Waals surface area contributed by atoms with Crippen LogP contribution in [0.25, 0.3) is 0 Å². The van der Waals surface area contributed by atoms with Gasteiger partial charge in [-0.1, -0.05) is 6.07 Å². The Morgan fingerprint density at radius 2 is 1.89 bits per heavy atom. The number of methoxy groups -OCH3 is 2. The van der Waals surface area contributed by atoms with Gasteiger partial charge in [0.15, 0.2) is 4.90 Å². The third-order valence-electron chi connectivity index (χ3n) is 4.94. The van der Waals surface area contributed by atoms with Crippen molar-refractivity contribution in [1.29, 1.82) is 0 Å². The average molecular weight is 391 g/mol. The van der Waals surface area contributed by atoms with Gasteiger partial charge in [-0.3, -0.25) is 0 Å². The minimum atomic E-state index is -4.10. The molecule has 1 saturated heterocycles. The lowest BCUT2D eigenvalue weighted by Crippen LogP contribution is -2.39. The quantitative estimate of drug-likeness (QED) is 0.783. The van der Waals surface area contributed by atoms with Gasteiger partial charge in [0, 0.05) is 30.2 Å². The minimum Gasteiger partial charge on any atom is -0.497 e. The van der Waals surface area contributed by atoms with Crippen molar-refractivity contribution >= 4 is 10.1 Å². The first kappa shape index (κ1) is 17.9. The van der Waals surface area contributed by atoms with Gasteiger partial charge in [-0.2, -0.15) is 8.42 Å². The van der Waals surface area contributed by atoms with Crippen LogP contribution in [0.4, 0.5) is 0 Å². The lowest BCUT2D eigenvalue weighted by molar-refractivity contribution is 0.176. The molecular formula is C19H21NO6S. The number of benzene rings is 2. The van der Waals surface area contributed by atoms with Crippen molar-refractivity contribution in [2.45, 2.75) is 23.3 Å². The van der Waals surface area contributed by atoms with E-state index >= 15 is 0 Å². The first-order valence-electron chi connectivity index (χ1n) is 8.69. The number of fused-ring (bicyclic) bond motifs is 3. The first-order chi connectivity index (χ1) is 13.0. The first-order valence-corrected chi connectivity index (χ1v) is 10.1. The van der Waals surface area contributed by atoms with E-state index in [9.17, 15) is 8.42 Å². The standard InChI is InChI=1S/C19H21NO6S/c1-23-12-4-6-16(24-2)19(10-12)27(21,22)26-13-3-5-14-15-7-8-20-11-18(15)25-17(14)9-13/h3-6,9-10,15,18,20H,7-8,11H2,1-2H3. The molecule has 4 rings (SSSR count). The van der Waals surface area contributed by atoms with Crippen LogP contribution in [0.3, 0.4) is 0 Å². The van der Waals surface area contributed by atoms with E-state index < -0.39 is 10.1 Å². The summed E-state index contributed by atoms with van der Waals surface area (Å²) in [6, 6.07) is 9.71. The summed E-state index contributed by atoms with van der Waals surface area (Å²) in [5, 5.41) is 3.31. The number of hydrogen-bond acceptors (Lipinski definition) is 7. The lowest BCUT2D eigenvalue weighted by Gasteiger charge is -2.24. The third-order valence-corrected chi connectivity index (χ3v) is 6.20. The van der Waals surface area contributed by atoms with Crippen LogP contribution in [-0.4, -0.2) is 41.8 Å². The molecule has 2 aromatic rings. The van der Waals surface area contributed by atoms with E-state index in [1.54, 1.807) is 18.2 Å². The fourth-order valence-corrected chi connectivity index (χ4v) is 4.70. The smallest absolute Gasteiger partial charge is 0.343 e. The molecule has 0 saturated carbocycles. The molecule has 1 N–H and O–H groups in total. The van der Waals surface area contributed by atoms with Crippen LogP contribution in [-0.2, 0) is 10.1 Å². The minimum absolute atomic E-state index is 0.0825. The molecular weight excluding hydrogens is 370 g/mol. The predicted molar refractivity (Wildman–Crippen MR) is 98.4 cm³/mol. The van der Waals surface area contributed by atoms with Crippen LogP contribution >= 0.6 is 0 Å². The second kappa shape index (κ2) is 6.94. The number of hydrogen-bond donors (Lipinski definition) is 1. The van der Waals surface area contributed by atoms with Gasteiger partial charge in [0.05, 0.1) is 14.2 Å². The van der Waals surface area contributed by atoms with Gasteiger partial charge in [0.25, 0.3) is 0 Å². The molecule has 2 unspecified atom stereocenters. The van der Waals surface area contributed by atoms with E-state index in [2.05, 4.69) is 5.32 Å². The summed E-state index contributed by atoms with van der Waals surface area (Å²) in [6.07, 6.45) is 1.08. The molecule has 8 heteroatoms. The van der Waals surface area contributed by atoms with E-state index in [-0.39, 0.29) is 22.5 Å². The van der Waals surface area contributed by atoms with Crippen molar-refractivity contribution in [2.24, 2.45) is 0 Å². The zero-order chi connectivity index (χ0) is 19.0. The van der Waals surface area contributed by atoms with Gasteiger partial charge in [0.1, 0.15) is 29.1 Å². The van der Waals surface area contributed by atoms with E-state index in [0.29, 0.717) is 17.4 Å². The molecule has 2 aromatic carbocycles. The van der Waals surface area contributed by atoms with Crippen molar-refractivity contribution < 1.29 is 26.8 Å². The number of rotatable bonds is 5. The van der Waals surface area contributed by atoms with E-state index in [1.165, 1.54) is 26.4 Å². The average Bonchev–Trinajstić information content (AvgIpc) is 3.04.